The first-order chi connectivity index (χ1) is 11.0. The van der Waals surface area contributed by atoms with Gasteiger partial charge in [0.05, 0.1) is 24.7 Å². The molecule has 0 bridgehead atoms. The van der Waals surface area contributed by atoms with Crippen LogP contribution in [0.5, 0.6) is 0 Å². The summed E-state index contributed by atoms with van der Waals surface area (Å²) in [5, 5.41) is 8.63. The van der Waals surface area contributed by atoms with Crippen molar-refractivity contribution in [3.05, 3.63) is 0 Å². The fourth-order valence-electron chi connectivity index (χ4n) is 3.01. The van der Waals surface area contributed by atoms with Gasteiger partial charge in [0, 0.05) is 5.75 Å². The smallest absolute Gasteiger partial charge is 0.395 e. The van der Waals surface area contributed by atoms with Gasteiger partial charge in [0.2, 0.25) is 11.0 Å². The first-order valence-electron chi connectivity index (χ1n) is 7.61. The average molecular weight is 375 g/mol. The third-order valence-corrected chi connectivity index (χ3v) is 5.77. The lowest BCUT2D eigenvalue weighted by Gasteiger charge is -2.50. The van der Waals surface area contributed by atoms with Crippen molar-refractivity contribution in [2.75, 3.05) is 12.4 Å². The molecule has 4 atom stereocenters. The van der Waals surface area contributed by atoms with E-state index in [1.807, 2.05) is 19.6 Å². The Kier molecular flexibility index (Phi) is 5.53. The van der Waals surface area contributed by atoms with Crippen LogP contribution in [-0.2, 0) is 28.3 Å². The Morgan fingerprint density at radius 2 is 2.00 bits per heavy atom. The van der Waals surface area contributed by atoms with Gasteiger partial charge in [-0.3, -0.25) is 19.3 Å². The van der Waals surface area contributed by atoms with E-state index in [-0.39, 0.29) is 5.12 Å². The van der Waals surface area contributed by atoms with Crippen molar-refractivity contribution in [1.82, 2.24) is 4.90 Å². The summed E-state index contributed by atoms with van der Waals surface area (Å²) in [4.78, 5) is 48.0. The number of β-lactam (4-membered cyclic amide) rings is 1. The van der Waals surface area contributed by atoms with Gasteiger partial charge in [-0.1, -0.05) is 11.8 Å². The van der Waals surface area contributed by atoms with E-state index in [2.05, 4.69) is 0 Å². The number of carbonyl (C=O) groups is 4. The summed E-state index contributed by atoms with van der Waals surface area (Å²) in [6.07, 6.45) is -1.54. The first kappa shape index (κ1) is 19.1. The number of thioether (sulfide) groups is 1. The number of amides is 2. The van der Waals surface area contributed by atoms with Gasteiger partial charge in [-0.15, -0.1) is 0 Å². The standard InChI is InChI=1S/C14H21NO7SSi/c1-7(22-24(2,3)4)8-9(10-14(20)23-6-5-21-10)15(11(8)16)12(17)13(18)19/h7-10H,5-6H2,1-4H3,(H,18,19)/t7-,8-,9+,10?/m1/s1. The van der Waals surface area contributed by atoms with E-state index in [9.17, 15) is 19.2 Å². The molecule has 1 N–H and O–H groups in total. The van der Waals surface area contributed by atoms with Crippen LogP contribution in [0.1, 0.15) is 6.92 Å². The zero-order chi connectivity index (χ0) is 18.2. The highest BCUT2D eigenvalue weighted by Gasteiger charge is 2.60. The van der Waals surface area contributed by atoms with Crippen molar-refractivity contribution in [2.24, 2.45) is 5.92 Å². The van der Waals surface area contributed by atoms with Crippen molar-refractivity contribution in [3.63, 3.8) is 0 Å². The zero-order valence-electron chi connectivity index (χ0n) is 14.0. The van der Waals surface area contributed by atoms with Crippen LogP contribution < -0.4 is 0 Å². The molecule has 0 aliphatic carbocycles. The number of imide groups is 1. The molecule has 0 radical (unpaired) electrons. The predicted molar refractivity (Wildman–Crippen MR) is 87.9 cm³/mol. The van der Waals surface area contributed by atoms with E-state index in [0.717, 1.165) is 11.8 Å². The third kappa shape index (κ3) is 3.71. The highest BCUT2D eigenvalue weighted by atomic mass is 32.2. The summed E-state index contributed by atoms with van der Waals surface area (Å²) in [5.74, 6) is -3.98. The lowest BCUT2D eigenvalue weighted by atomic mass is 9.80. The van der Waals surface area contributed by atoms with Gasteiger partial charge in [0.15, 0.2) is 8.32 Å². The second-order valence-corrected chi connectivity index (χ2v) is 12.3. The normalized spacial score (nSPS) is 29.2. The van der Waals surface area contributed by atoms with Gasteiger partial charge in [0.1, 0.15) is 6.10 Å². The Hall–Kier alpha value is -1.23. The molecular formula is C14H21NO7SSi. The fourth-order valence-corrected chi connectivity index (χ4v) is 5.02. The maximum Gasteiger partial charge on any atom is 0.395 e. The molecule has 2 rings (SSSR count). The minimum absolute atomic E-state index is 0.299. The van der Waals surface area contributed by atoms with Crippen LogP contribution in [0.15, 0.2) is 0 Å². The van der Waals surface area contributed by atoms with E-state index in [1.54, 1.807) is 6.92 Å². The van der Waals surface area contributed by atoms with Crippen molar-refractivity contribution in [1.29, 1.82) is 0 Å². The van der Waals surface area contributed by atoms with E-state index in [4.69, 9.17) is 14.3 Å². The minimum Gasteiger partial charge on any atom is -0.474 e. The molecule has 2 fully saturated rings. The van der Waals surface area contributed by atoms with Gasteiger partial charge in [-0.05, 0) is 26.6 Å². The number of carboxylic acids is 1. The van der Waals surface area contributed by atoms with Gasteiger partial charge in [-0.2, -0.15) is 0 Å². The summed E-state index contributed by atoms with van der Waals surface area (Å²) in [5.41, 5.74) is 0. The summed E-state index contributed by atoms with van der Waals surface area (Å²) in [7, 11) is -1.97. The van der Waals surface area contributed by atoms with Gasteiger partial charge in [0.25, 0.3) is 0 Å². The molecular weight excluding hydrogens is 354 g/mol. The molecule has 1 unspecified atom stereocenters. The second kappa shape index (κ2) is 6.94. The van der Waals surface area contributed by atoms with Crippen LogP contribution in [0, 0.1) is 5.92 Å². The summed E-state index contributed by atoms with van der Waals surface area (Å²) < 4.78 is 11.4. The molecule has 0 spiro atoms. The van der Waals surface area contributed by atoms with E-state index in [0.29, 0.717) is 17.3 Å². The highest BCUT2D eigenvalue weighted by Crippen LogP contribution is 2.38. The van der Waals surface area contributed by atoms with Crippen LogP contribution in [0.2, 0.25) is 19.6 Å². The molecule has 2 saturated heterocycles. The molecule has 8 nitrogen and oxygen atoms in total. The van der Waals surface area contributed by atoms with Crippen molar-refractivity contribution >= 4 is 43.0 Å². The topological polar surface area (TPSA) is 110 Å². The van der Waals surface area contributed by atoms with Crippen molar-refractivity contribution in [2.45, 2.75) is 44.8 Å². The Bertz CT molecular complexity index is 576. The largest absolute Gasteiger partial charge is 0.474 e. The molecule has 2 amide bonds. The Balaban J connectivity index is 2.28. The summed E-state index contributed by atoms with van der Waals surface area (Å²) in [6.45, 7) is 7.88. The molecule has 0 aromatic carbocycles. The van der Waals surface area contributed by atoms with Crippen molar-refractivity contribution < 1.29 is 33.4 Å². The zero-order valence-corrected chi connectivity index (χ0v) is 15.8. The quantitative estimate of drug-likeness (QED) is 0.425. The van der Waals surface area contributed by atoms with Crippen molar-refractivity contribution in [3.8, 4) is 0 Å². The summed E-state index contributed by atoms with van der Waals surface area (Å²) in [6, 6.07) is -0.937. The fraction of sp³-hybridized carbons (Fsp3) is 0.714. The molecule has 0 aromatic rings. The molecule has 10 heteroatoms. The maximum absolute atomic E-state index is 12.4. The van der Waals surface area contributed by atoms with E-state index >= 15 is 0 Å². The molecule has 2 aliphatic heterocycles. The van der Waals surface area contributed by atoms with Gasteiger partial charge < -0.3 is 14.3 Å². The number of likely N-dealkylation sites (tertiary alicyclic amines) is 1. The number of hydrogen-bond donors (Lipinski definition) is 1. The number of rotatable bonds is 4. The van der Waals surface area contributed by atoms with Crippen LogP contribution in [0.4, 0.5) is 0 Å². The maximum atomic E-state index is 12.4. The molecule has 24 heavy (non-hydrogen) atoms. The molecule has 0 saturated carbocycles. The molecule has 2 heterocycles. The molecule has 2 aliphatic rings. The van der Waals surface area contributed by atoms with Crippen LogP contribution >= 0.6 is 11.8 Å². The van der Waals surface area contributed by atoms with E-state index in [1.165, 1.54) is 0 Å². The SMILES string of the molecule is C[C@@H](O[Si](C)(C)C)[C@H]1C(=O)N(C(=O)C(=O)O)[C@@H]1C1OCCSC1=O. The van der Waals surface area contributed by atoms with Gasteiger partial charge in [-0.25, -0.2) is 4.79 Å². The third-order valence-electron chi connectivity index (χ3n) is 3.80. The Labute approximate surface area is 145 Å². The monoisotopic (exact) mass is 375 g/mol. The number of carboxylic acid groups (broad SMARTS) is 1. The average Bonchev–Trinajstić information content (AvgIpc) is 2.43. The molecule has 0 aromatic heterocycles. The van der Waals surface area contributed by atoms with E-state index < -0.39 is 50.3 Å². The lowest BCUT2D eigenvalue weighted by Crippen LogP contribution is -2.73. The molecule has 134 valence electrons. The number of nitrogens with zero attached hydrogens (tertiary/aromatic N) is 1. The number of hydrogen-bond acceptors (Lipinski definition) is 7. The van der Waals surface area contributed by atoms with Crippen LogP contribution in [0.3, 0.4) is 0 Å². The second-order valence-electron chi connectivity index (χ2n) is 6.73. The van der Waals surface area contributed by atoms with Crippen LogP contribution in [0.25, 0.3) is 0 Å². The Morgan fingerprint density at radius 3 is 2.50 bits per heavy atom. The number of ether oxygens (including phenoxy) is 1. The first-order valence-corrected chi connectivity index (χ1v) is 12.0. The van der Waals surface area contributed by atoms with Crippen LogP contribution in [-0.4, -0.2) is 71.8 Å². The Morgan fingerprint density at radius 1 is 1.38 bits per heavy atom. The summed E-state index contributed by atoms with van der Waals surface area (Å²) >= 11 is 1.06. The lowest BCUT2D eigenvalue weighted by molar-refractivity contribution is -0.187. The van der Waals surface area contributed by atoms with Gasteiger partial charge >= 0.3 is 11.9 Å². The highest BCUT2D eigenvalue weighted by molar-refractivity contribution is 8.13. The number of carbonyl (C=O) groups excluding carboxylic acids is 3. The minimum atomic E-state index is -1.97. The number of aliphatic carboxylic acids is 1. The predicted octanol–water partition coefficient (Wildman–Crippen LogP) is 0.323.